The van der Waals surface area contributed by atoms with Gasteiger partial charge in [0.05, 0.1) is 23.7 Å². The molecule has 1 N–H and O–H groups in total. The van der Waals surface area contributed by atoms with Crippen LogP contribution in [0, 0.1) is 0 Å². The van der Waals surface area contributed by atoms with Gasteiger partial charge in [-0.05, 0) is 40.7 Å². The van der Waals surface area contributed by atoms with Gasteiger partial charge in [-0.2, -0.15) is 0 Å². The fraction of sp³-hybridized carbons (Fsp3) is 1.00. The molecule has 0 amide bonds. The van der Waals surface area contributed by atoms with E-state index in [0.29, 0.717) is 0 Å². The van der Waals surface area contributed by atoms with Gasteiger partial charge in [0.25, 0.3) is 0 Å². The zero-order chi connectivity index (χ0) is 12.3. The second-order valence-electron chi connectivity index (χ2n) is 4.85. The summed E-state index contributed by atoms with van der Waals surface area (Å²) in [5.41, 5.74) is 0. The predicted octanol–water partition coefficient (Wildman–Crippen LogP) is -0.972. The molecule has 0 saturated carbocycles. The van der Waals surface area contributed by atoms with E-state index in [-0.39, 0.29) is 17.5 Å². The summed E-state index contributed by atoms with van der Waals surface area (Å²) in [6.45, 7) is 1.79. The maximum Gasteiger partial charge on any atom is 0.154 e. The average molecular weight is 250 g/mol. The molecule has 0 bridgehead atoms. The Balaban J connectivity index is 2.40. The molecule has 96 valence electrons. The molecule has 2 atom stereocenters. The van der Waals surface area contributed by atoms with E-state index in [9.17, 15) is 13.5 Å². The van der Waals surface area contributed by atoms with Crippen LogP contribution in [0.25, 0.3) is 0 Å². The van der Waals surface area contributed by atoms with Crippen molar-refractivity contribution < 1.29 is 13.5 Å². The van der Waals surface area contributed by atoms with Crippen molar-refractivity contribution in [2.24, 2.45) is 0 Å². The van der Waals surface area contributed by atoms with Crippen LogP contribution in [0.4, 0.5) is 0 Å². The number of hydrogen-bond acceptors (Lipinski definition) is 5. The smallest absolute Gasteiger partial charge is 0.154 e. The van der Waals surface area contributed by atoms with Gasteiger partial charge in [0.1, 0.15) is 0 Å². The SMILES string of the molecule is CN(C)CCCN(C)C1CS(=O)(=O)CC1O. The fourth-order valence-electron chi connectivity index (χ4n) is 2.03. The van der Waals surface area contributed by atoms with Gasteiger partial charge in [-0.1, -0.05) is 0 Å². The maximum absolute atomic E-state index is 11.3. The van der Waals surface area contributed by atoms with Crippen LogP contribution in [0.5, 0.6) is 0 Å². The summed E-state index contributed by atoms with van der Waals surface area (Å²) in [5, 5.41) is 9.67. The number of aliphatic hydroxyl groups is 1. The first-order valence-corrected chi connectivity index (χ1v) is 7.37. The summed E-state index contributed by atoms with van der Waals surface area (Å²) in [5.74, 6) is 0.00230. The van der Waals surface area contributed by atoms with Gasteiger partial charge in [-0.3, -0.25) is 4.90 Å². The molecule has 1 heterocycles. The predicted molar refractivity (Wildman–Crippen MR) is 64.2 cm³/mol. The largest absolute Gasteiger partial charge is 0.390 e. The molecule has 6 heteroatoms. The van der Waals surface area contributed by atoms with Crippen LogP contribution in [0.2, 0.25) is 0 Å². The van der Waals surface area contributed by atoms with E-state index in [4.69, 9.17) is 0 Å². The van der Waals surface area contributed by atoms with Gasteiger partial charge in [0.15, 0.2) is 9.84 Å². The summed E-state index contributed by atoms with van der Waals surface area (Å²) in [6, 6.07) is -0.229. The minimum Gasteiger partial charge on any atom is -0.390 e. The van der Waals surface area contributed by atoms with Crippen LogP contribution in [-0.2, 0) is 9.84 Å². The van der Waals surface area contributed by atoms with Crippen molar-refractivity contribution in [3.63, 3.8) is 0 Å². The van der Waals surface area contributed by atoms with Gasteiger partial charge < -0.3 is 10.0 Å². The Morgan fingerprint density at radius 3 is 2.25 bits per heavy atom. The Morgan fingerprint density at radius 2 is 1.81 bits per heavy atom. The molecule has 2 unspecified atom stereocenters. The van der Waals surface area contributed by atoms with Crippen molar-refractivity contribution in [1.29, 1.82) is 0 Å². The molecule has 16 heavy (non-hydrogen) atoms. The molecule has 0 aromatic heterocycles. The molecule has 1 fully saturated rings. The summed E-state index contributed by atoms with van der Waals surface area (Å²) >= 11 is 0. The number of likely N-dealkylation sites (N-methyl/N-ethyl adjacent to an activating group) is 1. The number of aliphatic hydroxyl groups excluding tert-OH is 1. The average Bonchev–Trinajstić information content (AvgIpc) is 2.39. The Bertz CT molecular complexity index is 316. The zero-order valence-electron chi connectivity index (χ0n) is 10.3. The summed E-state index contributed by atoms with van der Waals surface area (Å²) in [6.07, 6.45) is 0.251. The minimum absolute atomic E-state index is 0.0876. The quantitative estimate of drug-likeness (QED) is 0.680. The van der Waals surface area contributed by atoms with Gasteiger partial charge in [0.2, 0.25) is 0 Å². The van der Waals surface area contributed by atoms with Crippen molar-refractivity contribution in [2.75, 3.05) is 45.7 Å². The van der Waals surface area contributed by atoms with E-state index in [1.807, 2.05) is 26.0 Å². The normalized spacial score (nSPS) is 29.1. The lowest BCUT2D eigenvalue weighted by Crippen LogP contribution is -2.41. The number of hydrogen-bond donors (Lipinski definition) is 1. The van der Waals surface area contributed by atoms with Crippen LogP contribution < -0.4 is 0 Å². The van der Waals surface area contributed by atoms with E-state index < -0.39 is 15.9 Å². The van der Waals surface area contributed by atoms with E-state index >= 15 is 0 Å². The second kappa shape index (κ2) is 5.44. The van der Waals surface area contributed by atoms with Crippen LogP contribution in [0.15, 0.2) is 0 Å². The Morgan fingerprint density at radius 1 is 1.19 bits per heavy atom. The molecule has 5 nitrogen and oxygen atoms in total. The number of rotatable bonds is 5. The highest BCUT2D eigenvalue weighted by Gasteiger charge is 2.38. The summed E-state index contributed by atoms with van der Waals surface area (Å²) in [4.78, 5) is 4.05. The molecule has 1 aliphatic rings. The van der Waals surface area contributed by atoms with Crippen LogP contribution in [0.3, 0.4) is 0 Å². The molecule has 1 aliphatic heterocycles. The van der Waals surface area contributed by atoms with Crippen molar-refractivity contribution in [3.05, 3.63) is 0 Å². The van der Waals surface area contributed by atoms with E-state index in [1.165, 1.54) is 0 Å². The topological polar surface area (TPSA) is 60.9 Å². The highest BCUT2D eigenvalue weighted by atomic mass is 32.2. The minimum atomic E-state index is -3.03. The molecule has 0 spiro atoms. The van der Waals surface area contributed by atoms with Crippen molar-refractivity contribution in [1.82, 2.24) is 9.80 Å². The molecule has 0 aliphatic carbocycles. The lowest BCUT2D eigenvalue weighted by molar-refractivity contribution is 0.0977. The Kier molecular flexibility index (Phi) is 4.73. The second-order valence-corrected chi connectivity index (χ2v) is 7.00. The monoisotopic (exact) mass is 250 g/mol. The molecular weight excluding hydrogens is 228 g/mol. The first kappa shape index (κ1) is 13.9. The molecule has 1 saturated heterocycles. The van der Waals surface area contributed by atoms with Crippen molar-refractivity contribution in [2.45, 2.75) is 18.6 Å². The number of nitrogens with zero attached hydrogens (tertiary/aromatic N) is 2. The van der Waals surface area contributed by atoms with Crippen LogP contribution >= 0.6 is 0 Å². The zero-order valence-corrected chi connectivity index (χ0v) is 11.1. The Hall–Kier alpha value is -0.170. The fourth-order valence-corrected chi connectivity index (χ4v) is 3.91. The van der Waals surface area contributed by atoms with E-state index in [2.05, 4.69) is 4.90 Å². The lowest BCUT2D eigenvalue weighted by atomic mass is 10.2. The van der Waals surface area contributed by atoms with Gasteiger partial charge >= 0.3 is 0 Å². The molecule has 1 rings (SSSR count). The standard InChI is InChI=1S/C10H22N2O3S/c1-11(2)5-4-6-12(3)9-7-16(14,15)8-10(9)13/h9-10,13H,4-8H2,1-3H3. The molecule has 0 aromatic rings. The Labute approximate surface area is 98.0 Å². The summed E-state index contributed by atoms with van der Waals surface area (Å²) in [7, 11) is 2.86. The number of sulfone groups is 1. The maximum atomic E-state index is 11.3. The van der Waals surface area contributed by atoms with Crippen LogP contribution in [0.1, 0.15) is 6.42 Å². The van der Waals surface area contributed by atoms with Crippen molar-refractivity contribution in [3.8, 4) is 0 Å². The highest BCUT2D eigenvalue weighted by Crippen LogP contribution is 2.17. The van der Waals surface area contributed by atoms with Crippen molar-refractivity contribution >= 4 is 9.84 Å². The highest BCUT2D eigenvalue weighted by molar-refractivity contribution is 7.91. The van der Waals surface area contributed by atoms with Gasteiger partial charge in [0, 0.05) is 0 Å². The van der Waals surface area contributed by atoms with E-state index in [1.54, 1.807) is 0 Å². The van der Waals surface area contributed by atoms with E-state index in [0.717, 1.165) is 19.5 Å². The molecule has 0 aromatic carbocycles. The third-order valence-electron chi connectivity index (χ3n) is 2.98. The lowest BCUT2D eigenvalue weighted by Gasteiger charge is -2.26. The first-order valence-electron chi connectivity index (χ1n) is 5.55. The molecular formula is C10H22N2O3S. The summed E-state index contributed by atoms with van der Waals surface area (Å²) < 4.78 is 22.7. The first-order chi connectivity index (χ1) is 7.32. The van der Waals surface area contributed by atoms with Gasteiger partial charge in [-0.25, -0.2) is 8.42 Å². The molecule has 0 radical (unpaired) electrons. The van der Waals surface area contributed by atoms with Gasteiger partial charge in [-0.15, -0.1) is 0 Å². The third kappa shape index (κ3) is 4.01. The van der Waals surface area contributed by atoms with Crippen LogP contribution in [-0.4, -0.2) is 81.2 Å². The third-order valence-corrected chi connectivity index (χ3v) is 4.67.